The molecule has 1 rings (SSSR count). The van der Waals surface area contributed by atoms with Crippen LogP contribution in [0, 0.1) is 0 Å². The van der Waals surface area contributed by atoms with Crippen LogP contribution in [-0.4, -0.2) is 10.8 Å². The summed E-state index contributed by atoms with van der Waals surface area (Å²) in [6.07, 6.45) is 0.824. The Morgan fingerprint density at radius 3 is 2.60 bits per heavy atom. The summed E-state index contributed by atoms with van der Waals surface area (Å²) in [4.78, 5) is 0. The van der Waals surface area contributed by atoms with Crippen molar-refractivity contribution in [2.75, 3.05) is 0 Å². The first-order valence-corrected chi connectivity index (χ1v) is 4.83. The fourth-order valence-corrected chi connectivity index (χ4v) is 1.01. The Bertz CT molecular complexity index is 294. The standard InChI is InChI=1S/C10H18N2O2.ClH/c1-5-7(11)8-6-9(12-14-8)13-10(2,3)4;/h6-7H,5,11H2,1-4H3;1H. The Labute approximate surface area is 96.6 Å². The molecular weight excluding hydrogens is 216 g/mol. The largest absolute Gasteiger partial charge is 0.470 e. The number of hydrogen-bond donors (Lipinski definition) is 1. The van der Waals surface area contributed by atoms with Crippen LogP contribution < -0.4 is 10.5 Å². The van der Waals surface area contributed by atoms with Gasteiger partial charge in [0.1, 0.15) is 5.60 Å². The molecule has 0 fully saturated rings. The van der Waals surface area contributed by atoms with Gasteiger partial charge < -0.3 is 15.0 Å². The summed E-state index contributed by atoms with van der Waals surface area (Å²) in [6.45, 7) is 7.88. The van der Waals surface area contributed by atoms with E-state index in [4.69, 9.17) is 15.0 Å². The lowest BCUT2D eigenvalue weighted by Crippen LogP contribution is -2.23. The Morgan fingerprint density at radius 1 is 1.53 bits per heavy atom. The fourth-order valence-electron chi connectivity index (χ4n) is 1.01. The third kappa shape index (κ3) is 4.53. The zero-order valence-electron chi connectivity index (χ0n) is 9.61. The number of ether oxygens (including phenoxy) is 1. The predicted molar refractivity (Wildman–Crippen MR) is 61.4 cm³/mol. The minimum Gasteiger partial charge on any atom is -0.470 e. The number of nitrogens with two attached hydrogens (primary N) is 1. The van der Waals surface area contributed by atoms with Crippen LogP contribution in [0.3, 0.4) is 0 Å². The average Bonchev–Trinajstić information content (AvgIpc) is 2.48. The molecule has 2 N–H and O–H groups in total. The monoisotopic (exact) mass is 234 g/mol. The molecule has 0 spiro atoms. The maximum absolute atomic E-state index is 5.78. The normalized spacial score (nSPS) is 13.1. The Kier molecular flexibility index (Phi) is 5.11. The SMILES string of the molecule is CCC(N)c1cc(OC(C)(C)C)no1.Cl. The lowest BCUT2D eigenvalue weighted by atomic mass is 10.2. The summed E-state index contributed by atoms with van der Waals surface area (Å²) < 4.78 is 10.6. The molecule has 0 aliphatic heterocycles. The topological polar surface area (TPSA) is 61.3 Å². The first-order chi connectivity index (χ1) is 6.42. The number of nitrogens with zero attached hydrogens (tertiary/aromatic N) is 1. The van der Waals surface area contributed by atoms with Crippen molar-refractivity contribution in [1.29, 1.82) is 0 Å². The second-order valence-corrected chi connectivity index (χ2v) is 4.30. The van der Waals surface area contributed by atoms with Gasteiger partial charge in [0.15, 0.2) is 5.76 Å². The molecule has 5 heteroatoms. The van der Waals surface area contributed by atoms with Crippen LogP contribution in [0.25, 0.3) is 0 Å². The van der Waals surface area contributed by atoms with Crippen LogP contribution in [0.5, 0.6) is 5.88 Å². The van der Waals surface area contributed by atoms with Gasteiger partial charge in [0.05, 0.1) is 6.04 Å². The molecular formula is C10H19ClN2O2. The highest BCUT2D eigenvalue weighted by atomic mass is 35.5. The van der Waals surface area contributed by atoms with Gasteiger partial charge in [-0.1, -0.05) is 6.92 Å². The van der Waals surface area contributed by atoms with Crippen molar-refractivity contribution in [2.45, 2.75) is 45.8 Å². The van der Waals surface area contributed by atoms with Crippen molar-refractivity contribution in [1.82, 2.24) is 5.16 Å². The van der Waals surface area contributed by atoms with Gasteiger partial charge in [-0.25, -0.2) is 0 Å². The first kappa shape index (κ1) is 14.3. The predicted octanol–water partition coefficient (Wildman–Crippen LogP) is 2.68. The third-order valence-electron chi connectivity index (χ3n) is 1.72. The van der Waals surface area contributed by atoms with Gasteiger partial charge in [-0.15, -0.1) is 12.4 Å². The highest BCUT2D eigenvalue weighted by Crippen LogP contribution is 2.21. The number of rotatable bonds is 3. The lowest BCUT2D eigenvalue weighted by Gasteiger charge is -2.18. The molecule has 4 nitrogen and oxygen atoms in total. The van der Waals surface area contributed by atoms with Crippen molar-refractivity contribution >= 4 is 12.4 Å². The zero-order valence-corrected chi connectivity index (χ0v) is 10.4. The lowest BCUT2D eigenvalue weighted by molar-refractivity contribution is 0.117. The molecule has 1 atom stereocenters. The van der Waals surface area contributed by atoms with E-state index < -0.39 is 0 Å². The van der Waals surface area contributed by atoms with E-state index >= 15 is 0 Å². The van der Waals surface area contributed by atoms with Gasteiger partial charge in [-0.05, 0) is 32.3 Å². The van der Waals surface area contributed by atoms with Crippen LogP contribution in [-0.2, 0) is 0 Å². The van der Waals surface area contributed by atoms with Gasteiger partial charge in [0.25, 0.3) is 5.88 Å². The molecule has 1 aromatic heterocycles. The molecule has 0 saturated heterocycles. The van der Waals surface area contributed by atoms with Crippen molar-refractivity contribution in [2.24, 2.45) is 5.73 Å². The van der Waals surface area contributed by atoms with E-state index in [9.17, 15) is 0 Å². The molecule has 0 aromatic carbocycles. The van der Waals surface area contributed by atoms with Gasteiger partial charge in [0.2, 0.25) is 0 Å². The van der Waals surface area contributed by atoms with Gasteiger partial charge in [-0.3, -0.25) is 0 Å². The van der Waals surface area contributed by atoms with Crippen LogP contribution in [0.1, 0.15) is 45.9 Å². The van der Waals surface area contributed by atoms with Crippen molar-refractivity contribution in [3.63, 3.8) is 0 Å². The van der Waals surface area contributed by atoms with E-state index in [2.05, 4.69) is 5.16 Å². The molecule has 0 bridgehead atoms. The number of aromatic nitrogens is 1. The van der Waals surface area contributed by atoms with E-state index in [1.165, 1.54) is 0 Å². The first-order valence-electron chi connectivity index (χ1n) is 4.83. The van der Waals surface area contributed by atoms with Gasteiger partial charge in [0, 0.05) is 6.07 Å². The zero-order chi connectivity index (χ0) is 10.8. The molecule has 0 saturated carbocycles. The van der Waals surface area contributed by atoms with Crippen LogP contribution in [0.4, 0.5) is 0 Å². The Balaban J connectivity index is 0.00000196. The maximum atomic E-state index is 5.78. The van der Waals surface area contributed by atoms with E-state index in [1.807, 2.05) is 27.7 Å². The minimum atomic E-state index is -0.259. The summed E-state index contributed by atoms with van der Waals surface area (Å²) in [5.41, 5.74) is 5.52. The highest BCUT2D eigenvalue weighted by molar-refractivity contribution is 5.85. The van der Waals surface area contributed by atoms with E-state index in [0.717, 1.165) is 6.42 Å². The molecule has 1 heterocycles. The van der Waals surface area contributed by atoms with Crippen LogP contribution in [0.15, 0.2) is 10.6 Å². The second kappa shape index (κ2) is 5.37. The van der Waals surface area contributed by atoms with E-state index in [1.54, 1.807) is 6.07 Å². The van der Waals surface area contributed by atoms with E-state index in [-0.39, 0.29) is 24.0 Å². The van der Waals surface area contributed by atoms with Crippen LogP contribution >= 0.6 is 12.4 Å². The van der Waals surface area contributed by atoms with Gasteiger partial charge >= 0.3 is 0 Å². The summed E-state index contributed by atoms with van der Waals surface area (Å²) in [7, 11) is 0. The minimum absolute atomic E-state index is 0. The summed E-state index contributed by atoms with van der Waals surface area (Å²) >= 11 is 0. The summed E-state index contributed by atoms with van der Waals surface area (Å²) in [6, 6.07) is 1.65. The highest BCUT2D eigenvalue weighted by Gasteiger charge is 2.17. The maximum Gasteiger partial charge on any atom is 0.254 e. The van der Waals surface area contributed by atoms with Crippen molar-refractivity contribution in [3.05, 3.63) is 11.8 Å². The molecule has 0 radical (unpaired) electrons. The average molecular weight is 235 g/mol. The molecule has 1 aromatic rings. The van der Waals surface area contributed by atoms with Crippen LogP contribution in [0.2, 0.25) is 0 Å². The fraction of sp³-hybridized carbons (Fsp3) is 0.700. The number of hydrogen-bond acceptors (Lipinski definition) is 4. The number of halogens is 1. The summed E-state index contributed by atoms with van der Waals surface area (Å²) in [5, 5.41) is 3.79. The molecule has 0 aliphatic carbocycles. The van der Waals surface area contributed by atoms with E-state index in [0.29, 0.717) is 11.6 Å². The molecule has 1 unspecified atom stereocenters. The molecule has 0 amide bonds. The Hall–Kier alpha value is -0.740. The van der Waals surface area contributed by atoms with Crippen molar-refractivity contribution in [3.8, 4) is 5.88 Å². The quantitative estimate of drug-likeness (QED) is 0.874. The second-order valence-electron chi connectivity index (χ2n) is 4.30. The van der Waals surface area contributed by atoms with Crippen molar-refractivity contribution < 1.29 is 9.26 Å². The smallest absolute Gasteiger partial charge is 0.254 e. The molecule has 0 aliphatic rings. The summed E-state index contributed by atoms with van der Waals surface area (Å²) in [5.74, 6) is 1.17. The van der Waals surface area contributed by atoms with Gasteiger partial charge in [-0.2, -0.15) is 0 Å². The molecule has 88 valence electrons. The Morgan fingerprint density at radius 2 is 2.13 bits per heavy atom. The third-order valence-corrected chi connectivity index (χ3v) is 1.72. The molecule has 15 heavy (non-hydrogen) atoms.